The summed E-state index contributed by atoms with van der Waals surface area (Å²) in [6, 6.07) is 8.36. The van der Waals surface area contributed by atoms with Crippen LogP contribution < -0.4 is 5.73 Å². The van der Waals surface area contributed by atoms with E-state index < -0.39 is 0 Å². The third-order valence-electron chi connectivity index (χ3n) is 4.56. The number of rotatable bonds is 4. The molecule has 1 aromatic heterocycles. The van der Waals surface area contributed by atoms with Gasteiger partial charge in [0.25, 0.3) is 0 Å². The number of carbonyl (C=O) groups is 1. The van der Waals surface area contributed by atoms with Crippen LogP contribution in [-0.4, -0.2) is 12.3 Å². The van der Waals surface area contributed by atoms with Gasteiger partial charge in [0, 0.05) is 17.0 Å². The SMILES string of the molecule is NCC1CCC(C(=O)Cc2csc3ccccc23)CC1. The van der Waals surface area contributed by atoms with Gasteiger partial charge in [0.1, 0.15) is 5.78 Å². The lowest BCUT2D eigenvalue weighted by Crippen LogP contribution is -2.26. The summed E-state index contributed by atoms with van der Waals surface area (Å²) in [4.78, 5) is 12.5. The topological polar surface area (TPSA) is 43.1 Å². The summed E-state index contributed by atoms with van der Waals surface area (Å²) in [5, 5.41) is 3.40. The molecule has 106 valence electrons. The van der Waals surface area contributed by atoms with Gasteiger partial charge in [-0.15, -0.1) is 11.3 Å². The van der Waals surface area contributed by atoms with Crippen LogP contribution in [0.2, 0.25) is 0 Å². The summed E-state index contributed by atoms with van der Waals surface area (Å²) < 4.78 is 1.28. The fourth-order valence-electron chi connectivity index (χ4n) is 3.22. The van der Waals surface area contributed by atoms with Crippen molar-refractivity contribution < 1.29 is 4.79 Å². The summed E-state index contributed by atoms with van der Waals surface area (Å²) in [6.45, 7) is 0.774. The maximum Gasteiger partial charge on any atom is 0.140 e. The first kappa shape index (κ1) is 13.8. The minimum Gasteiger partial charge on any atom is -0.330 e. The number of nitrogens with two attached hydrogens (primary N) is 1. The molecule has 2 nitrogen and oxygen atoms in total. The number of thiophene rings is 1. The van der Waals surface area contributed by atoms with Gasteiger partial charge in [-0.3, -0.25) is 4.79 Å². The number of benzene rings is 1. The molecule has 1 aromatic carbocycles. The molecule has 0 aliphatic heterocycles. The number of fused-ring (bicyclic) bond motifs is 1. The van der Waals surface area contributed by atoms with E-state index in [0.29, 0.717) is 18.1 Å². The zero-order valence-electron chi connectivity index (χ0n) is 11.7. The van der Waals surface area contributed by atoms with Gasteiger partial charge in [0.2, 0.25) is 0 Å². The average Bonchev–Trinajstić information content (AvgIpc) is 2.91. The van der Waals surface area contributed by atoms with Crippen LogP contribution in [-0.2, 0) is 11.2 Å². The number of Topliss-reactive ketones (excluding diaryl/α,β-unsaturated/α-hetero) is 1. The minimum absolute atomic E-state index is 0.261. The smallest absolute Gasteiger partial charge is 0.140 e. The lowest BCUT2D eigenvalue weighted by atomic mass is 9.79. The summed E-state index contributed by atoms with van der Waals surface area (Å²) in [5.41, 5.74) is 6.92. The number of ketones is 1. The third-order valence-corrected chi connectivity index (χ3v) is 5.57. The average molecular weight is 287 g/mol. The molecule has 3 rings (SSSR count). The highest BCUT2D eigenvalue weighted by Gasteiger charge is 2.25. The summed E-state index contributed by atoms with van der Waals surface area (Å²) in [6.07, 6.45) is 4.90. The number of hydrogen-bond donors (Lipinski definition) is 1. The van der Waals surface area contributed by atoms with Gasteiger partial charge >= 0.3 is 0 Å². The molecule has 20 heavy (non-hydrogen) atoms. The van der Waals surface area contributed by atoms with E-state index in [4.69, 9.17) is 5.73 Å². The van der Waals surface area contributed by atoms with Crippen LogP contribution in [0.1, 0.15) is 31.2 Å². The maximum atomic E-state index is 12.5. The molecule has 1 aliphatic rings. The molecule has 0 radical (unpaired) electrons. The molecule has 3 heteroatoms. The summed E-state index contributed by atoms with van der Waals surface area (Å²) >= 11 is 1.74. The van der Waals surface area contributed by atoms with Gasteiger partial charge in [-0.2, -0.15) is 0 Å². The Labute approximate surface area is 124 Å². The Hall–Kier alpha value is -1.19. The predicted octanol–water partition coefficient (Wildman–Crippen LogP) is 3.78. The fourth-order valence-corrected chi connectivity index (χ4v) is 4.18. The molecular formula is C17H21NOS. The first-order valence-electron chi connectivity index (χ1n) is 7.46. The van der Waals surface area contributed by atoms with Gasteiger partial charge in [-0.05, 0) is 60.5 Å². The van der Waals surface area contributed by atoms with Crippen molar-refractivity contribution in [2.45, 2.75) is 32.1 Å². The van der Waals surface area contributed by atoms with Gasteiger partial charge in [0.15, 0.2) is 0 Å². The van der Waals surface area contributed by atoms with Gasteiger partial charge in [-0.1, -0.05) is 18.2 Å². The van der Waals surface area contributed by atoms with Crippen LogP contribution >= 0.6 is 11.3 Å². The molecule has 0 bridgehead atoms. The third kappa shape index (κ3) is 2.79. The Morgan fingerprint density at radius 2 is 1.95 bits per heavy atom. The molecule has 0 spiro atoms. The molecule has 0 saturated heterocycles. The monoisotopic (exact) mass is 287 g/mol. The predicted molar refractivity (Wildman–Crippen MR) is 85.0 cm³/mol. The molecular weight excluding hydrogens is 266 g/mol. The van der Waals surface area contributed by atoms with E-state index >= 15 is 0 Å². The quantitative estimate of drug-likeness (QED) is 0.930. The van der Waals surface area contributed by atoms with E-state index in [-0.39, 0.29) is 5.92 Å². The van der Waals surface area contributed by atoms with E-state index in [0.717, 1.165) is 32.2 Å². The molecule has 0 amide bonds. The Morgan fingerprint density at radius 3 is 2.70 bits per heavy atom. The van der Waals surface area contributed by atoms with Crippen LogP contribution in [0, 0.1) is 11.8 Å². The second-order valence-electron chi connectivity index (χ2n) is 5.85. The standard InChI is InChI=1S/C17H21NOS/c18-10-12-5-7-13(8-6-12)16(19)9-14-11-20-17-4-2-1-3-15(14)17/h1-4,11-13H,5-10,18H2. The van der Waals surface area contributed by atoms with Gasteiger partial charge in [-0.25, -0.2) is 0 Å². The van der Waals surface area contributed by atoms with Crippen molar-refractivity contribution >= 4 is 27.2 Å². The van der Waals surface area contributed by atoms with Crippen LogP contribution in [0.15, 0.2) is 29.6 Å². The summed E-state index contributed by atoms with van der Waals surface area (Å²) in [7, 11) is 0. The Morgan fingerprint density at radius 1 is 1.20 bits per heavy atom. The first-order chi connectivity index (χ1) is 9.78. The zero-order valence-corrected chi connectivity index (χ0v) is 12.5. The zero-order chi connectivity index (χ0) is 13.9. The molecule has 2 aromatic rings. The fraction of sp³-hybridized carbons (Fsp3) is 0.471. The van der Waals surface area contributed by atoms with Crippen molar-refractivity contribution in [2.24, 2.45) is 17.6 Å². The molecule has 0 unspecified atom stereocenters. The highest BCUT2D eigenvalue weighted by molar-refractivity contribution is 7.17. The second kappa shape index (κ2) is 6.06. The highest BCUT2D eigenvalue weighted by atomic mass is 32.1. The van der Waals surface area contributed by atoms with Crippen molar-refractivity contribution in [2.75, 3.05) is 6.54 Å². The van der Waals surface area contributed by atoms with Crippen LogP contribution in [0.3, 0.4) is 0 Å². The first-order valence-corrected chi connectivity index (χ1v) is 8.33. The molecule has 0 atom stereocenters. The van der Waals surface area contributed by atoms with Crippen molar-refractivity contribution in [3.63, 3.8) is 0 Å². The van der Waals surface area contributed by atoms with Crippen LogP contribution in [0.25, 0.3) is 10.1 Å². The van der Waals surface area contributed by atoms with Crippen molar-refractivity contribution in [3.05, 3.63) is 35.2 Å². The largest absolute Gasteiger partial charge is 0.330 e. The Kier molecular flexibility index (Phi) is 4.18. The van der Waals surface area contributed by atoms with Gasteiger partial charge < -0.3 is 5.73 Å². The summed E-state index contributed by atoms with van der Waals surface area (Å²) in [5.74, 6) is 1.32. The molecule has 1 heterocycles. The second-order valence-corrected chi connectivity index (χ2v) is 6.76. The van der Waals surface area contributed by atoms with Gasteiger partial charge in [0.05, 0.1) is 0 Å². The lowest BCUT2D eigenvalue weighted by Gasteiger charge is -2.26. The normalized spacial score (nSPS) is 23.1. The van der Waals surface area contributed by atoms with Crippen LogP contribution in [0.5, 0.6) is 0 Å². The Bertz CT molecular complexity index is 596. The van der Waals surface area contributed by atoms with Crippen LogP contribution in [0.4, 0.5) is 0 Å². The van der Waals surface area contributed by atoms with E-state index in [1.54, 1.807) is 11.3 Å². The molecule has 1 fully saturated rings. The van der Waals surface area contributed by atoms with Crippen molar-refractivity contribution in [3.8, 4) is 0 Å². The van der Waals surface area contributed by atoms with E-state index in [1.807, 2.05) is 0 Å². The van der Waals surface area contributed by atoms with Crippen molar-refractivity contribution in [1.29, 1.82) is 0 Å². The minimum atomic E-state index is 0.261. The van der Waals surface area contributed by atoms with Crippen molar-refractivity contribution in [1.82, 2.24) is 0 Å². The van der Waals surface area contributed by atoms with E-state index in [9.17, 15) is 4.79 Å². The molecule has 1 saturated carbocycles. The number of carbonyl (C=O) groups excluding carboxylic acids is 1. The van der Waals surface area contributed by atoms with E-state index in [2.05, 4.69) is 29.6 Å². The van der Waals surface area contributed by atoms with E-state index in [1.165, 1.54) is 15.6 Å². The molecule has 1 aliphatic carbocycles. The maximum absolute atomic E-state index is 12.5. The highest BCUT2D eigenvalue weighted by Crippen LogP contribution is 2.31. The number of hydrogen-bond acceptors (Lipinski definition) is 3. The lowest BCUT2D eigenvalue weighted by molar-refractivity contribution is -0.123. The Balaban J connectivity index is 1.67. The molecule has 2 N–H and O–H groups in total.